The van der Waals surface area contributed by atoms with Gasteiger partial charge < -0.3 is 0 Å². The van der Waals surface area contributed by atoms with E-state index in [4.69, 9.17) is 0 Å². The second kappa shape index (κ2) is 7.73. The van der Waals surface area contributed by atoms with E-state index in [-0.39, 0.29) is 15.9 Å². The molecule has 0 aliphatic rings. The van der Waals surface area contributed by atoms with Gasteiger partial charge in [-0.25, -0.2) is 22.8 Å². The minimum Gasteiger partial charge on any atom is -0.296 e. The first kappa shape index (κ1) is 20.0. The molecule has 0 saturated carbocycles. The normalized spacial score (nSPS) is 12.2. The number of hydrogen-bond donors (Lipinski definition) is 2. The van der Waals surface area contributed by atoms with Crippen molar-refractivity contribution in [2.75, 3.05) is 6.54 Å². The summed E-state index contributed by atoms with van der Waals surface area (Å²) in [5, 5.41) is 2.89. The van der Waals surface area contributed by atoms with Crippen LogP contribution in [0.4, 0.5) is 0 Å². The number of nitrogens with zero attached hydrogens (tertiary/aromatic N) is 2. The number of aromatic nitrogens is 3. The third-order valence-corrected chi connectivity index (χ3v) is 5.52. The van der Waals surface area contributed by atoms with Crippen molar-refractivity contribution in [2.24, 2.45) is 5.41 Å². The standard InChI is InChI=1S/C20H24N4O3S/c1-20(2,3)14-23-28(26,27)17-9-10-18(21-13-17)24-19(25)16(12-22-24)11-15-7-5-4-6-8-15/h4-10,12-13,22-23H,11,14H2,1-3H3. The minimum atomic E-state index is -3.65. The molecule has 0 radical (unpaired) electrons. The second-order valence-electron chi connectivity index (χ2n) is 7.84. The molecule has 0 amide bonds. The average Bonchev–Trinajstić information content (AvgIpc) is 3.01. The summed E-state index contributed by atoms with van der Waals surface area (Å²) >= 11 is 0. The number of nitrogens with one attached hydrogen (secondary N) is 2. The summed E-state index contributed by atoms with van der Waals surface area (Å²) in [6.07, 6.45) is 3.41. The van der Waals surface area contributed by atoms with Crippen LogP contribution in [0, 0.1) is 5.41 Å². The maximum absolute atomic E-state index is 12.6. The fourth-order valence-electron chi connectivity index (χ4n) is 2.58. The smallest absolute Gasteiger partial charge is 0.276 e. The van der Waals surface area contributed by atoms with Gasteiger partial charge in [-0.1, -0.05) is 51.1 Å². The molecule has 0 fully saturated rings. The third kappa shape index (κ3) is 4.76. The lowest BCUT2D eigenvalue weighted by Crippen LogP contribution is -2.32. The molecule has 8 heteroatoms. The Hall–Kier alpha value is -2.71. The van der Waals surface area contributed by atoms with Crippen molar-refractivity contribution < 1.29 is 8.42 Å². The van der Waals surface area contributed by atoms with Crippen LogP contribution in [0.25, 0.3) is 5.82 Å². The van der Waals surface area contributed by atoms with Crippen molar-refractivity contribution in [3.63, 3.8) is 0 Å². The Morgan fingerprint density at radius 1 is 1.11 bits per heavy atom. The van der Waals surface area contributed by atoms with Gasteiger partial charge in [-0.05, 0) is 23.1 Å². The number of H-pyrrole nitrogens is 1. The van der Waals surface area contributed by atoms with Crippen LogP contribution in [0.1, 0.15) is 31.9 Å². The predicted octanol–water partition coefficient (Wildman–Crippen LogP) is 2.48. The molecule has 148 valence electrons. The molecule has 28 heavy (non-hydrogen) atoms. The maximum atomic E-state index is 12.6. The topological polar surface area (TPSA) is 96.9 Å². The summed E-state index contributed by atoms with van der Waals surface area (Å²) in [7, 11) is -3.65. The zero-order valence-corrected chi connectivity index (χ0v) is 17.0. The number of hydrogen-bond acceptors (Lipinski definition) is 4. The van der Waals surface area contributed by atoms with Crippen LogP contribution in [0.5, 0.6) is 0 Å². The van der Waals surface area contributed by atoms with E-state index in [0.29, 0.717) is 24.3 Å². The van der Waals surface area contributed by atoms with Gasteiger partial charge in [-0.3, -0.25) is 9.89 Å². The van der Waals surface area contributed by atoms with Crippen molar-refractivity contribution in [3.8, 4) is 5.82 Å². The summed E-state index contributed by atoms with van der Waals surface area (Å²) in [4.78, 5) is 16.8. The van der Waals surface area contributed by atoms with Crippen molar-refractivity contribution >= 4 is 10.0 Å². The van der Waals surface area contributed by atoms with Crippen LogP contribution >= 0.6 is 0 Å². The quantitative estimate of drug-likeness (QED) is 0.664. The molecule has 0 saturated heterocycles. The number of aromatic amines is 1. The monoisotopic (exact) mass is 400 g/mol. The summed E-state index contributed by atoms with van der Waals surface area (Å²) in [6.45, 7) is 6.15. The van der Waals surface area contributed by atoms with E-state index in [1.54, 1.807) is 6.20 Å². The van der Waals surface area contributed by atoms with Crippen LogP contribution in [0.15, 0.2) is 64.5 Å². The fourth-order valence-corrected chi connectivity index (χ4v) is 3.81. The van der Waals surface area contributed by atoms with Crippen molar-refractivity contribution in [1.29, 1.82) is 0 Å². The molecule has 0 spiro atoms. The lowest BCUT2D eigenvalue weighted by Gasteiger charge is -2.18. The molecule has 0 atom stereocenters. The molecule has 2 heterocycles. The van der Waals surface area contributed by atoms with E-state index in [1.165, 1.54) is 23.0 Å². The highest BCUT2D eigenvalue weighted by atomic mass is 32.2. The lowest BCUT2D eigenvalue weighted by atomic mass is 9.98. The Balaban J connectivity index is 1.80. The highest BCUT2D eigenvalue weighted by Gasteiger charge is 2.19. The molecule has 0 bridgehead atoms. The second-order valence-corrected chi connectivity index (χ2v) is 9.61. The number of benzene rings is 1. The third-order valence-electron chi connectivity index (χ3n) is 4.14. The van der Waals surface area contributed by atoms with Gasteiger partial charge in [0.05, 0.1) is 0 Å². The number of pyridine rings is 1. The first-order valence-corrected chi connectivity index (χ1v) is 10.4. The summed E-state index contributed by atoms with van der Waals surface area (Å²) in [5.41, 5.74) is 1.26. The zero-order valence-electron chi connectivity index (χ0n) is 16.1. The van der Waals surface area contributed by atoms with E-state index in [0.717, 1.165) is 5.56 Å². The first-order valence-electron chi connectivity index (χ1n) is 8.95. The van der Waals surface area contributed by atoms with Gasteiger partial charge in [0.15, 0.2) is 5.82 Å². The Bertz CT molecular complexity index is 1090. The Labute approximate surface area is 164 Å². The molecule has 3 rings (SSSR count). The van der Waals surface area contributed by atoms with Crippen molar-refractivity contribution in [2.45, 2.75) is 32.1 Å². The Morgan fingerprint density at radius 2 is 1.82 bits per heavy atom. The molecule has 7 nitrogen and oxygen atoms in total. The predicted molar refractivity (Wildman–Crippen MR) is 108 cm³/mol. The van der Waals surface area contributed by atoms with Gasteiger partial charge in [0.1, 0.15) is 4.90 Å². The summed E-state index contributed by atoms with van der Waals surface area (Å²) in [5.74, 6) is 0.332. The summed E-state index contributed by atoms with van der Waals surface area (Å²) < 4.78 is 28.6. The van der Waals surface area contributed by atoms with Crippen LogP contribution in [-0.4, -0.2) is 29.7 Å². The van der Waals surface area contributed by atoms with Gasteiger partial charge in [0.2, 0.25) is 10.0 Å². The number of rotatable bonds is 6. The van der Waals surface area contributed by atoms with E-state index in [2.05, 4.69) is 14.8 Å². The van der Waals surface area contributed by atoms with Crippen LogP contribution in [0.2, 0.25) is 0 Å². The van der Waals surface area contributed by atoms with Crippen LogP contribution in [0.3, 0.4) is 0 Å². The van der Waals surface area contributed by atoms with E-state index in [9.17, 15) is 13.2 Å². The van der Waals surface area contributed by atoms with E-state index in [1.807, 2.05) is 51.1 Å². The van der Waals surface area contributed by atoms with Gasteiger partial charge >= 0.3 is 0 Å². The molecule has 1 aromatic carbocycles. The Kier molecular flexibility index (Phi) is 5.53. The van der Waals surface area contributed by atoms with Crippen LogP contribution in [-0.2, 0) is 16.4 Å². The highest BCUT2D eigenvalue weighted by molar-refractivity contribution is 7.89. The SMILES string of the molecule is CC(C)(C)CNS(=O)(=O)c1ccc(-n2[nH]cc(Cc3ccccc3)c2=O)nc1. The lowest BCUT2D eigenvalue weighted by molar-refractivity contribution is 0.407. The van der Waals surface area contributed by atoms with Crippen molar-refractivity contribution in [1.82, 2.24) is 19.5 Å². The molecular formula is C20H24N4O3S. The molecule has 2 aromatic heterocycles. The number of sulfonamides is 1. The van der Waals surface area contributed by atoms with Crippen molar-refractivity contribution in [3.05, 3.63) is 76.3 Å². The van der Waals surface area contributed by atoms with Gasteiger partial charge in [0.25, 0.3) is 5.56 Å². The van der Waals surface area contributed by atoms with Gasteiger partial charge in [-0.2, -0.15) is 0 Å². The van der Waals surface area contributed by atoms with Gasteiger partial charge in [-0.15, -0.1) is 0 Å². The maximum Gasteiger partial charge on any atom is 0.276 e. The van der Waals surface area contributed by atoms with E-state index >= 15 is 0 Å². The largest absolute Gasteiger partial charge is 0.296 e. The Morgan fingerprint density at radius 3 is 2.43 bits per heavy atom. The zero-order chi connectivity index (χ0) is 20.4. The minimum absolute atomic E-state index is 0.0598. The van der Waals surface area contributed by atoms with Gasteiger partial charge in [0, 0.05) is 30.9 Å². The molecule has 2 N–H and O–H groups in total. The molecule has 0 aliphatic carbocycles. The molecule has 0 unspecified atom stereocenters. The molecular weight excluding hydrogens is 376 g/mol. The highest BCUT2D eigenvalue weighted by Crippen LogP contribution is 2.14. The first-order chi connectivity index (χ1) is 13.2. The molecule has 3 aromatic rings. The van der Waals surface area contributed by atoms with Crippen LogP contribution < -0.4 is 10.3 Å². The fraction of sp³-hybridized carbons (Fsp3) is 0.300. The summed E-state index contributed by atoms with van der Waals surface area (Å²) in [6, 6.07) is 12.6. The average molecular weight is 401 g/mol. The van der Waals surface area contributed by atoms with E-state index < -0.39 is 10.0 Å². The molecule has 0 aliphatic heterocycles.